The van der Waals surface area contributed by atoms with Crippen LogP contribution in [0.25, 0.3) is 5.65 Å². The Labute approximate surface area is 171 Å². The van der Waals surface area contributed by atoms with Crippen molar-refractivity contribution < 1.29 is 23.8 Å². The maximum atomic E-state index is 12.2. The lowest BCUT2D eigenvalue weighted by molar-refractivity contribution is -0.150. The molecule has 0 N–H and O–H groups in total. The lowest BCUT2D eigenvalue weighted by Gasteiger charge is -2.07. The van der Waals surface area contributed by atoms with E-state index in [9.17, 15) is 9.59 Å². The van der Waals surface area contributed by atoms with Gasteiger partial charge in [-0.3, -0.25) is 9.20 Å². The van der Waals surface area contributed by atoms with Gasteiger partial charge in [-0.05, 0) is 43.7 Å². The van der Waals surface area contributed by atoms with Crippen molar-refractivity contribution in [3.05, 3.63) is 69.8 Å². The van der Waals surface area contributed by atoms with Gasteiger partial charge in [-0.1, -0.05) is 11.2 Å². The number of esters is 1. The molecule has 0 amide bonds. The van der Waals surface area contributed by atoms with Crippen molar-refractivity contribution in [1.29, 1.82) is 0 Å². The predicted molar refractivity (Wildman–Crippen MR) is 107 cm³/mol. The summed E-state index contributed by atoms with van der Waals surface area (Å²) in [7, 11) is 0. The molecule has 0 spiro atoms. The summed E-state index contributed by atoms with van der Waals surface area (Å²) >= 11 is 0. The highest BCUT2D eigenvalue weighted by Gasteiger charge is 2.14. The highest BCUT2D eigenvalue weighted by Crippen LogP contribution is 2.32. The first kappa shape index (κ1) is 19.4. The highest BCUT2D eigenvalue weighted by molar-refractivity contribution is 5.99. The molecule has 1 aromatic carbocycles. The monoisotopic (exact) mass is 409 g/mol. The van der Waals surface area contributed by atoms with Gasteiger partial charge in [0.25, 0.3) is 5.56 Å². The average molecular weight is 409 g/mol. The second-order valence-corrected chi connectivity index (χ2v) is 6.65. The van der Waals surface area contributed by atoms with Crippen LogP contribution in [0, 0.1) is 6.92 Å². The number of aryl methyl sites for hydroxylation is 1. The van der Waals surface area contributed by atoms with E-state index in [2.05, 4.69) is 10.1 Å². The number of carbonyl (C=O) groups excluding carboxylic acids is 1. The van der Waals surface area contributed by atoms with Crippen molar-refractivity contribution in [3.8, 4) is 11.5 Å². The third kappa shape index (κ3) is 4.09. The Balaban J connectivity index is 1.33. The topological polar surface area (TPSA) is 101 Å². The van der Waals surface area contributed by atoms with Gasteiger partial charge in [0, 0.05) is 17.8 Å². The molecule has 0 unspecified atom stereocenters. The SMILES string of the molecule is C/C(=N/OCC(=O)OCc1cc(=O)n2cccc(C)c2n1)c1ccc2c(c1)OCO2. The van der Waals surface area contributed by atoms with E-state index < -0.39 is 5.97 Å². The van der Waals surface area contributed by atoms with E-state index in [0.717, 1.165) is 11.1 Å². The van der Waals surface area contributed by atoms with Gasteiger partial charge in [0.15, 0.2) is 11.5 Å². The van der Waals surface area contributed by atoms with E-state index in [1.165, 1.54) is 10.5 Å². The Kier molecular flexibility index (Phi) is 5.34. The molecule has 2 aromatic heterocycles. The molecule has 9 heteroatoms. The van der Waals surface area contributed by atoms with Crippen LogP contribution in [0.15, 0.2) is 52.5 Å². The minimum absolute atomic E-state index is 0.132. The van der Waals surface area contributed by atoms with Crippen molar-refractivity contribution >= 4 is 17.3 Å². The molecule has 3 heterocycles. The maximum absolute atomic E-state index is 12.2. The molecule has 0 atom stereocenters. The van der Waals surface area contributed by atoms with E-state index in [-0.39, 0.29) is 25.6 Å². The lowest BCUT2D eigenvalue weighted by Crippen LogP contribution is -2.18. The van der Waals surface area contributed by atoms with Gasteiger partial charge in [0.2, 0.25) is 13.4 Å². The summed E-state index contributed by atoms with van der Waals surface area (Å²) in [4.78, 5) is 33.6. The molecule has 0 radical (unpaired) electrons. The molecule has 3 aromatic rings. The number of hydrogen-bond acceptors (Lipinski definition) is 8. The summed E-state index contributed by atoms with van der Waals surface area (Å²) in [6, 6.07) is 10.4. The summed E-state index contributed by atoms with van der Waals surface area (Å²) in [6.45, 7) is 3.29. The number of aromatic nitrogens is 2. The second kappa shape index (κ2) is 8.24. The number of pyridine rings is 1. The summed E-state index contributed by atoms with van der Waals surface area (Å²) in [5, 5.41) is 3.93. The second-order valence-electron chi connectivity index (χ2n) is 6.65. The van der Waals surface area contributed by atoms with Crippen LogP contribution in [0.1, 0.15) is 23.7 Å². The fourth-order valence-corrected chi connectivity index (χ4v) is 2.93. The zero-order valence-corrected chi connectivity index (χ0v) is 16.5. The van der Waals surface area contributed by atoms with Crippen LogP contribution < -0.4 is 15.0 Å². The largest absolute Gasteiger partial charge is 0.457 e. The molecule has 0 saturated heterocycles. The lowest BCUT2D eigenvalue weighted by atomic mass is 10.1. The minimum Gasteiger partial charge on any atom is -0.457 e. The molecule has 1 aliphatic rings. The first-order valence-electron chi connectivity index (χ1n) is 9.21. The smallest absolute Gasteiger partial charge is 0.347 e. The Morgan fingerprint density at radius 1 is 1.23 bits per heavy atom. The van der Waals surface area contributed by atoms with E-state index >= 15 is 0 Å². The standard InChI is InChI=1S/C21H19N3O6/c1-13-4-3-7-24-19(25)9-16(22-21(13)24)10-27-20(26)11-30-23-14(2)15-5-6-17-18(8-15)29-12-28-17/h3-9H,10-12H2,1-2H3/b23-14-. The molecule has 4 rings (SSSR count). The third-order valence-corrected chi connectivity index (χ3v) is 4.49. The number of carbonyl (C=O) groups is 1. The van der Waals surface area contributed by atoms with Crippen molar-refractivity contribution in [2.75, 3.05) is 13.4 Å². The average Bonchev–Trinajstić information content (AvgIpc) is 3.21. The van der Waals surface area contributed by atoms with Crippen LogP contribution in [0.3, 0.4) is 0 Å². The Morgan fingerprint density at radius 2 is 2.07 bits per heavy atom. The van der Waals surface area contributed by atoms with Gasteiger partial charge in [-0.2, -0.15) is 0 Å². The van der Waals surface area contributed by atoms with E-state index in [1.54, 1.807) is 31.3 Å². The van der Waals surface area contributed by atoms with Crippen LogP contribution in [0.4, 0.5) is 0 Å². The van der Waals surface area contributed by atoms with Gasteiger partial charge in [0.05, 0.1) is 11.4 Å². The highest BCUT2D eigenvalue weighted by atomic mass is 16.7. The molecule has 30 heavy (non-hydrogen) atoms. The van der Waals surface area contributed by atoms with E-state index in [4.69, 9.17) is 19.0 Å². The fraction of sp³-hybridized carbons (Fsp3) is 0.238. The molecule has 0 saturated carbocycles. The van der Waals surface area contributed by atoms with Crippen LogP contribution >= 0.6 is 0 Å². The zero-order valence-electron chi connectivity index (χ0n) is 16.5. The number of ether oxygens (including phenoxy) is 3. The number of benzene rings is 1. The zero-order chi connectivity index (χ0) is 21.1. The van der Waals surface area contributed by atoms with Crippen molar-refractivity contribution in [3.63, 3.8) is 0 Å². The number of nitrogens with zero attached hydrogens (tertiary/aromatic N) is 3. The van der Waals surface area contributed by atoms with Gasteiger partial charge in [-0.15, -0.1) is 0 Å². The number of rotatable bonds is 6. The van der Waals surface area contributed by atoms with Crippen molar-refractivity contribution in [2.24, 2.45) is 5.16 Å². The van der Waals surface area contributed by atoms with Gasteiger partial charge in [-0.25, -0.2) is 9.78 Å². The molecule has 1 aliphatic heterocycles. The van der Waals surface area contributed by atoms with Crippen molar-refractivity contribution in [2.45, 2.75) is 20.5 Å². The van der Waals surface area contributed by atoms with Crippen molar-refractivity contribution in [1.82, 2.24) is 9.38 Å². The first-order valence-corrected chi connectivity index (χ1v) is 9.21. The molecular formula is C21H19N3O6. The van der Waals surface area contributed by atoms with Gasteiger partial charge in [0.1, 0.15) is 12.3 Å². The van der Waals surface area contributed by atoms with Crippen LogP contribution in [-0.2, 0) is 21.0 Å². The minimum atomic E-state index is -0.621. The van der Waals surface area contributed by atoms with Crippen LogP contribution in [-0.4, -0.2) is 34.5 Å². The number of hydrogen-bond donors (Lipinski definition) is 0. The summed E-state index contributed by atoms with van der Waals surface area (Å²) in [5.74, 6) is 0.688. The third-order valence-electron chi connectivity index (χ3n) is 4.49. The molecule has 0 bridgehead atoms. The molecule has 9 nitrogen and oxygen atoms in total. The summed E-state index contributed by atoms with van der Waals surface area (Å²) in [5.41, 5.74) is 2.85. The van der Waals surface area contributed by atoms with E-state index in [0.29, 0.717) is 28.6 Å². The molecule has 0 fully saturated rings. The number of fused-ring (bicyclic) bond motifs is 2. The van der Waals surface area contributed by atoms with Crippen LogP contribution in [0.2, 0.25) is 0 Å². The normalized spacial score (nSPS) is 12.8. The molecular weight excluding hydrogens is 390 g/mol. The Morgan fingerprint density at radius 3 is 2.93 bits per heavy atom. The van der Waals surface area contributed by atoms with Gasteiger partial charge >= 0.3 is 5.97 Å². The fourth-order valence-electron chi connectivity index (χ4n) is 2.93. The maximum Gasteiger partial charge on any atom is 0.347 e. The van der Waals surface area contributed by atoms with Crippen LogP contribution in [0.5, 0.6) is 11.5 Å². The summed E-state index contributed by atoms with van der Waals surface area (Å²) in [6.07, 6.45) is 1.64. The van der Waals surface area contributed by atoms with Gasteiger partial charge < -0.3 is 19.0 Å². The number of oxime groups is 1. The molecule has 0 aliphatic carbocycles. The first-order chi connectivity index (χ1) is 14.5. The quantitative estimate of drug-likeness (QED) is 0.350. The van der Waals surface area contributed by atoms with E-state index in [1.807, 2.05) is 19.1 Å². The summed E-state index contributed by atoms with van der Waals surface area (Å²) < 4.78 is 17.2. The molecule has 154 valence electrons. The Bertz CT molecular complexity index is 1200. The predicted octanol–water partition coefficient (Wildman–Crippen LogP) is 2.22. The Hall–Kier alpha value is -3.88.